The summed E-state index contributed by atoms with van der Waals surface area (Å²) in [6.45, 7) is 2.54. The molecule has 0 spiro atoms. The fraction of sp³-hybridized carbons (Fsp3) is 0.227. The van der Waals surface area contributed by atoms with Crippen molar-refractivity contribution < 1.29 is 9.59 Å². The summed E-state index contributed by atoms with van der Waals surface area (Å²) in [5.74, 6) is -0.275. The number of rotatable bonds is 8. The lowest BCUT2D eigenvalue weighted by atomic mass is 10.0. The first kappa shape index (κ1) is 19.4. The highest BCUT2D eigenvalue weighted by molar-refractivity contribution is 5.79. The zero-order chi connectivity index (χ0) is 19.8. The van der Waals surface area contributed by atoms with Gasteiger partial charge in [-0.05, 0) is 22.8 Å². The maximum absolute atomic E-state index is 12.5. The predicted octanol–water partition coefficient (Wildman–Crippen LogP) is 2.82. The number of hydrogen-bond acceptors (Lipinski definition) is 3. The maximum Gasteiger partial charge on any atom is 0.222 e. The van der Waals surface area contributed by atoms with Gasteiger partial charge in [-0.15, -0.1) is 0 Å². The first-order chi connectivity index (χ1) is 13.6. The molecule has 0 aliphatic rings. The highest BCUT2D eigenvalue weighted by Crippen LogP contribution is 2.17. The van der Waals surface area contributed by atoms with E-state index in [1.54, 1.807) is 6.20 Å². The van der Waals surface area contributed by atoms with Crippen LogP contribution in [0.3, 0.4) is 0 Å². The molecule has 2 aromatic carbocycles. The molecule has 0 bridgehead atoms. The Balaban J connectivity index is 1.62. The summed E-state index contributed by atoms with van der Waals surface area (Å²) >= 11 is 0. The van der Waals surface area contributed by atoms with Crippen LogP contribution in [0.25, 0.3) is 0 Å². The van der Waals surface area contributed by atoms with Gasteiger partial charge in [0.15, 0.2) is 0 Å². The van der Waals surface area contributed by atoms with Crippen LogP contribution in [0.1, 0.15) is 36.1 Å². The van der Waals surface area contributed by atoms with Gasteiger partial charge < -0.3 is 10.6 Å². The Labute approximate surface area is 164 Å². The van der Waals surface area contributed by atoms with E-state index in [0.29, 0.717) is 13.1 Å². The van der Waals surface area contributed by atoms with Crippen molar-refractivity contribution in [3.63, 3.8) is 0 Å². The molecular weight excluding hydrogens is 352 g/mol. The number of nitrogens with one attached hydrogen (secondary N) is 2. The lowest BCUT2D eigenvalue weighted by Crippen LogP contribution is -2.32. The van der Waals surface area contributed by atoms with Crippen molar-refractivity contribution in [2.75, 3.05) is 0 Å². The SMILES string of the molecule is CC(=O)NC(CC(=O)NCc1ccccc1Cn1cccn1)c1ccccc1. The van der Waals surface area contributed by atoms with Crippen LogP contribution in [0.5, 0.6) is 0 Å². The van der Waals surface area contributed by atoms with E-state index in [4.69, 9.17) is 0 Å². The fourth-order valence-electron chi connectivity index (χ4n) is 3.09. The molecule has 2 amide bonds. The summed E-state index contributed by atoms with van der Waals surface area (Å²) in [6, 6.07) is 19.0. The zero-order valence-corrected chi connectivity index (χ0v) is 15.8. The summed E-state index contributed by atoms with van der Waals surface area (Å²) < 4.78 is 1.85. The number of amides is 2. The number of hydrogen-bond donors (Lipinski definition) is 2. The number of carbonyl (C=O) groups is 2. The minimum absolute atomic E-state index is 0.114. The van der Waals surface area contributed by atoms with E-state index >= 15 is 0 Å². The molecule has 6 heteroatoms. The molecule has 1 unspecified atom stereocenters. The normalized spacial score (nSPS) is 11.6. The van der Waals surface area contributed by atoms with Gasteiger partial charge in [-0.3, -0.25) is 14.3 Å². The molecule has 2 N–H and O–H groups in total. The molecule has 0 radical (unpaired) electrons. The molecule has 3 aromatic rings. The van der Waals surface area contributed by atoms with Crippen LogP contribution in [-0.2, 0) is 22.7 Å². The number of carbonyl (C=O) groups excluding carboxylic acids is 2. The van der Waals surface area contributed by atoms with Crippen molar-refractivity contribution in [3.8, 4) is 0 Å². The smallest absolute Gasteiger partial charge is 0.222 e. The molecule has 1 atom stereocenters. The molecule has 144 valence electrons. The minimum atomic E-state index is -0.349. The average Bonchev–Trinajstić information content (AvgIpc) is 3.20. The van der Waals surface area contributed by atoms with Gasteiger partial charge in [0.2, 0.25) is 11.8 Å². The molecule has 0 saturated heterocycles. The second kappa shape index (κ2) is 9.50. The Bertz CT molecular complexity index is 907. The lowest BCUT2D eigenvalue weighted by Gasteiger charge is -2.18. The van der Waals surface area contributed by atoms with E-state index in [9.17, 15) is 9.59 Å². The van der Waals surface area contributed by atoms with Gasteiger partial charge in [-0.25, -0.2) is 0 Å². The zero-order valence-electron chi connectivity index (χ0n) is 15.8. The Kier molecular flexibility index (Phi) is 6.57. The fourth-order valence-corrected chi connectivity index (χ4v) is 3.09. The quantitative estimate of drug-likeness (QED) is 0.635. The number of nitrogens with zero attached hydrogens (tertiary/aromatic N) is 2. The van der Waals surface area contributed by atoms with Crippen molar-refractivity contribution >= 4 is 11.8 Å². The van der Waals surface area contributed by atoms with E-state index in [1.807, 2.05) is 71.5 Å². The second-order valence-electron chi connectivity index (χ2n) is 6.62. The van der Waals surface area contributed by atoms with Crippen LogP contribution < -0.4 is 10.6 Å². The van der Waals surface area contributed by atoms with Gasteiger partial charge in [0.05, 0.1) is 19.0 Å². The third-order valence-electron chi connectivity index (χ3n) is 4.45. The standard InChI is InChI=1S/C22H24N4O2/c1-17(27)25-21(18-8-3-2-4-9-18)14-22(28)23-15-19-10-5-6-11-20(19)16-26-13-7-12-24-26/h2-13,21H,14-16H2,1H3,(H,23,28)(H,25,27). The third kappa shape index (κ3) is 5.54. The van der Waals surface area contributed by atoms with E-state index < -0.39 is 0 Å². The number of benzene rings is 2. The van der Waals surface area contributed by atoms with Crippen molar-refractivity contribution in [2.45, 2.75) is 32.5 Å². The van der Waals surface area contributed by atoms with Gasteiger partial charge in [0.25, 0.3) is 0 Å². The summed E-state index contributed by atoms with van der Waals surface area (Å²) in [5, 5.41) is 10.1. The molecule has 0 aliphatic carbocycles. The first-order valence-electron chi connectivity index (χ1n) is 9.25. The van der Waals surface area contributed by atoms with Crippen LogP contribution in [0.15, 0.2) is 73.1 Å². The summed E-state index contributed by atoms with van der Waals surface area (Å²) in [5.41, 5.74) is 3.06. The van der Waals surface area contributed by atoms with Crippen molar-refractivity contribution in [1.82, 2.24) is 20.4 Å². The largest absolute Gasteiger partial charge is 0.352 e. The second-order valence-corrected chi connectivity index (χ2v) is 6.62. The van der Waals surface area contributed by atoms with Crippen LogP contribution in [0.4, 0.5) is 0 Å². The highest BCUT2D eigenvalue weighted by atomic mass is 16.2. The van der Waals surface area contributed by atoms with Gasteiger partial charge >= 0.3 is 0 Å². The first-order valence-corrected chi connectivity index (χ1v) is 9.25. The Morgan fingerprint density at radius 1 is 1.00 bits per heavy atom. The van der Waals surface area contributed by atoms with Gasteiger partial charge in [-0.2, -0.15) is 5.10 Å². The van der Waals surface area contributed by atoms with Gasteiger partial charge in [0.1, 0.15) is 0 Å². The van der Waals surface area contributed by atoms with E-state index in [0.717, 1.165) is 16.7 Å². The summed E-state index contributed by atoms with van der Waals surface area (Å²) in [4.78, 5) is 24.1. The minimum Gasteiger partial charge on any atom is -0.352 e. The van der Waals surface area contributed by atoms with Crippen LogP contribution in [-0.4, -0.2) is 21.6 Å². The predicted molar refractivity (Wildman–Crippen MR) is 107 cm³/mol. The van der Waals surface area contributed by atoms with Crippen molar-refractivity contribution in [1.29, 1.82) is 0 Å². The van der Waals surface area contributed by atoms with Crippen LogP contribution in [0, 0.1) is 0 Å². The summed E-state index contributed by atoms with van der Waals surface area (Å²) in [6.07, 6.45) is 3.84. The third-order valence-corrected chi connectivity index (χ3v) is 4.45. The molecule has 1 heterocycles. The highest BCUT2D eigenvalue weighted by Gasteiger charge is 2.17. The van der Waals surface area contributed by atoms with E-state index in [-0.39, 0.29) is 24.3 Å². The molecule has 0 aliphatic heterocycles. The molecular formula is C22H24N4O2. The Morgan fingerprint density at radius 3 is 2.39 bits per heavy atom. The maximum atomic E-state index is 12.5. The van der Waals surface area contributed by atoms with Gasteiger partial charge in [-0.1, -0.05) is 54.6 Å². The van der Waals surface area contributed by atoms with E-state index in [2.05, 4.69) is 15.7 Å². The molecule has 0 fully saturated rings. The Morgan fingerprint density at radius 2 is 1.71 bits per heavy atom. The Hall–Kier alpha value is -3.41. The monoisotopic (exact) mass is 376 g/mol. The topological polar surface area (TPSA) is 76.0 Å². The van der Waals surface area contributed by atoms with Gasteiger partial charge in [0, 0.05) is 25.9 Å². The van der Waals surface area contributed by atoms with Crippen LogP contribution >= 0.6 is 0 Å². The molecule has 6 nitrogen and oxygen atoms in total. The molecule has 3 rings (SSSR count). The van der Waals surface area contributed by atoms with Crippen molar-refractivity contribution in [2.24, 2.45) is 0 Å². The number of aromatic nitrogens is 2. The molecule has 0 saturated carbocycles. The molecule has 28 heavy (non-hydrogen) atoms. The lowest BCUT2D eigenvalue weighted by molar-refractivity contribution is -0.122. The molecule has 1 aromatic heterocycles. The summed E-state index contributed by atoms with van der Waals surface area (Å²) in [7, 11) is 0. The van der Waals surface area contributed by atoms with Crippen LogP contribution in [0.2, 0.25) is 0 Å². The average molecular weight is 376 g/mol. The van der Waals surface area contributed by atoms with E-state index in [1.165, 1.54) is 6.92 Å². The van der Waals surface area contributed by atoms with Crippen molar-refractivity contribution in [3.05, 3.63) is 89.7 Å².